The number of fused-ring (bicyclic) bond motifs is 1. The number of rotatable bonds is 2. The molecule has 1 heterocycles. The molecule has 134 valence electrons. The van der Waals surface area contributed by atoms with Crippen molar-refractivity contribution in [2.24, 2.45) is 0 Å². The molecule has 4 rings (SSSR count). The van der Waals surface area contributed by atoms with E-state index in [2.05, 4.69) is 11.8 Å². The van der Waals surface area contributed by atoms with Gasteiger partial charge in [0.25, 0.3) is 17.1 Å². The summed E-state index contributed by atoms with van der Waals surface area (Å²) in [6.45, 7) is 0. The molecular formula is C23H12ClNO3. The zero-order valence-corrected chi connectivity index (χ0v) is 15.2. The number of amides is 2. The maximum atomic E-state index is 12.8. The molecule has 0 unspecified atom stereocenters. The van der Waals surface area contributed by atoms with Crippen LogP contribution >= 0.6 is 11.6 Å². The minimum atomic E-state index is -0.601. The molecule has 0 saturated heterocycles. The molecule has 4 nitrogen and oxygen atoms in total. The normalized spacial score (nSPS) is 12.4. The van der Waals surface area contributed by atoms with Gasteiger partial charge in [-0.3, -0.25) is 14.4 Å². The van der Waals surface area contributed by atoms with Crippen LogP contribution in [0.2, 0.25) is 0 Å². The third-order valence-corrected chi connectivity index (χ3v) is 4.58. The van der Waals surface area contributed by atoms with Crippen molar-refractivity contribution < 1.29 is 14.4 Å². The number of anilines is 1. The van der Waals surface area contributed by atoms with Crippen molar-refractivity contribution in [2.75, 3.05) is 4.90 Å². The topological polar surface area (TPSA) is 54.5 Å². The number of hydrogen-bond donors (Lipinski definition) is 0. The highest BCUT2D eigenvalue weighted by atomic mass is 35.5. The Morgan fingerprint density at radius 2 is 1.39 bits per heavy atom. The van der Waals surface area contributed by atoms with E-state index >= 15 is 0 Å². The van der Waals surface area contributed by atoms with E-state index in [1.807, 2.05) is 30.3 Å². The number of benzene rings is 3. The highest BCUT2D eigenvalue weighted by Gasteiger charge is 2.36. The molecule has 0 saturated carbocycles. The van der Waals surface area contributed by atoms with E-state index in [4.69, 9.17) is 11.6 Å². The number of carbonyl (C=O) groups is 3. The average molecular weight is 386 g/mol. The first-order valence-electron chi connectivity index (χ1n) is 8.44. The summed E-state index contributed by atoms with van der Waals surface area (Å²) in [6, 6.07) is 20.5. The Morgan fingerprint density at radius 3 is 2.07 bits per heavy atom. The van der Waals surface area contributed by atoms with E-state index in [1.165, 1.54) is 24.3 Å². The number of carbonyl (C=O) groups excluding carboxylic acids is 3. The van der Waals surface area contributed by atoms with Crippen LogP contribution in [0.4, 0.5) is 5.69 Å². The Morgan fingerprint density at radius 1 is 0.750 bits per heavy atom. The molecule has 3 aromatic rings. The van der Waals surface area contributed by atoms with Crippen molar-refractivity contribution in [3.05, 3.63) is 101 Å². The second-order valence-electron chi connectivity index (χ2n) is 6.14. The minimum Gasteiger partial charge on any atom is -0.276 e. The monoisotopic (exact) mass is 385 g/mol. The van der Waals surface area contributed by atoms with Crippen molar-refractivity contribution in [3.63, 3.8) is 0 Å². The maximum absolute atomic E-state index is 12.8. The Bertz CT molecular complexity index is 1170. The molecule has 0 bridgehead atoms. The Kier molecular flexibility index (Phi) is 4.52. The summed E-state index contributed by atoms with van der Waals surface area (Å²) in [6.07, 6.45) is 0. The molecule has 0 aromatic heterocycles. The lowest BCUT2D eigenvalue weighted by Gasteiger charge is -2.13. The first-order chi connectivity index (χ1) is 13.5. The van der Waals surface area contributed by atoms with Gasteiger partial charge in [0.1, 0.15) is 0 Å². The van der Waals surface area contributed by atoms with Crippen molar-refractivity contribution >= 4 is 34.3 Å². The highest BCUT2D eigenvalue weighted by Crippen LogP contribution is 2.29. The summed E-state index contributed by atoms with van der Waals surface area (Å²) in [4.78, 5) is 37.8. The molecule has 0 N–H and O–H groups in total. The van der Waals surface area contributed by atoms with Crippen molar-refractivity contribution in [1.82, 2.24) is 0 Å². The predicted molar refractivity (Wildman–Crippen MR) is 107 cm³/mol. The van der Waals surface area contributed by atoms with E-state index < -0.39 is 17.1 Å². The van der Waals surface area contributed by atoms with Gasteiger partial charge in [0, 0.05) is 16.7 Å². The summed E-state index contributed by atoms with van der Waals surface area (Å²) in [5.74, 6) is 5.22. The Balaban J connectivity index is 1.66. The SMILES string of the molecule is O=C(Cl)c1ccc(N2C(=O)c3ccc(C#Cc4ccccc4)cc3C2=O)cc1. The molecule has 0 radical (unpaired) electrons. The van der Waals surface area contributed by atoms with Crippen molar-refractivity contribution in [1.29, 1.82) is 0 Å². The minimum absolute atomic E-state index is 0.292. The fraction of sp³-hybridized carbons (Fsp3) is 0. The third-order valence-electron chi connectivity index (χ3n) is 4.36. The first-order valence-corrected chi connectivity index (χ1v) is 8.82. The summed E-state index contributed by atoms with van der Waals surface area (Å²) >= 11 is 5.44. The molecule has 28 heavy (non-hydrogen) atoms. The first kappa shape index (κ1) is 17.7. The molecule has 3 aromatic carbocycles. The van der Waals surface area contributed by atoms with Gasteiger partial charge in [-0.25, -0.2) is 4.90 Å². The van der Waals surface area contributed by atoms with Gasteiger partial charge >= 0.3 is 0 Å². The summed E-state index contributed by atoms with van der Waals surface area (Å²) in [7, 11) is 0. The van der Waals surface area contributed by atoms with Gasteiger partial charge in [0.2, 0.25) is 0 Å². The van der Waals surface area contributed by atoms with Crippen LogP contribution in [0.3, 0.4) is 0 Å². The van der Waals surface area contributed by atoms with Crippen LogP contribution in [0.15, 0.2) is 72.8 Å². The second kappa shape index (κ2) is 7.15. The van der Waals surface area contributed by atoms with Crippen LogP contribution < -0.4 is 4.90 Å². The molecule has 0 spiro atoms. The van der Waals surface area contributed by atoms with Crippen LogP contribution in [0.1, 0.15) is 42.2 Å². The fourth-order valence-corrected chi connectivity index (χ4v) is 3.09. The van der Waals surface area contributed by atoms with E-state index in [9.17, 15) is 14.4 Å². The summed E-state index contributed by atoms with van der Waals surface area (Å²) in [5.41, 5.74) is 2.81. The van der Waals surface area contributed by atoms with Gasteiger partial charge in [-0.15, -0.1) is 0 Å². The number of imide groups is 1. The largest absolute Gasteiger partial charge is 0.276 e. The fourth-order valence-electron chi connectivity index (χ4n) is 2.96. The second-order valence-corrected chi connectivity index (χ2v) is 6.49. The van der Waals surface area contributed by atoms with Crippen LogP contribution in [0, 0.1) is 11.8 Å². The molecule has 1 aliphatic heterocycles. The van der Waals surface area contributed by atoms with Gasteiger partial charge in [-0.05, 0) is 66.2 Å². The molecular weight excluding hydrogens is 374 g/mol. The Hall–Kier alpha value is -3.68. The van der Waals surface area contributed by atoms with Gasteiger partial charge < -0.3 is 0 Å². The summed E-state index contributed by atoms with van der Waals surface area (Å²) in [5, 5.41) is -0.601. The lowest BCUT2D eigenvalue weighted by Crippen LogP contribution is -2.29. The van der Waals surface area contributed by atoms with E-state index in [1.54, 1.807) is 18.2 Å². The zero-order valence-electron chi connectivity index (χ0n) is 14.5. The molecule has 2 amide bonds. The van der Waals surface area contributed by atoms with Crippen LogP contribution in [-0.2, 0) is 0 Å². The van der Waals surface area contributed by atoms with Gasteiger partial charge in [0.05, 0.1) is 16.8 Å². The number of hydrogen-bond acceptors (Lipinski definition) is 3. The van der Waals surface area contributed by atoms with Crippen LogP contribution in [0.5, 0.6) is 0 Å². The number of nitrogens with zero attached hydrogens (tertiary/aromatic N) is 1. The standard InChI is InChI=1S/C23H12ClNO3/c24-21(26)17-9-11-18(12-10-17)25-22(27)19-13-8-16(14-20(19)23(25)28)7-6-15-4-2-1-3-5-15/h1-5,8-14H. The molecule has 1 aliphatic rings. The zero-order chi connectivity index (χ0) is 19.7. The lowest BCUT2D eigenvalue weighted by atomic mass is 10.1. The smallest absolute Gasteiger partial charge is 0.266 e. The highest BCUT2D eigenvalue weighted by molar-refractivity contribution is 6.67. The molecule has 0 atom stereocenters. The van der Waals surface area contributed by atoms with E-state index in [0.717, 1.165) is 10.5 Å². The van der Waals surface area contributed by atoms with Crippen molar-refractivity contribution in [3.8, 4) is 11.8 Å². The predicted octanol–water partition coefficient (Wildman–Crippen LogP) is 4.27. The number of halogens is 1. The van der Waals surface area contributed by atoms with Crippen molar-refractivity contribution in [2.45, 2.75) is 0 Å². The molecule has 5 heteroatoms. The van der Waals surface area contributed by atoms with Crippen LogP contribution in [0.25, 0.3) is 0 Å². The average Bonchev–Trinajstić information content (AvgIpc) is 2.97. The van der Waals surface area contributed by atoms with Gasteiger partial charge in [0.15, 0.2) is 0 Å². The van der Waals surface area contributed by atoms with Gasteiger partial charge in [-0.2, -0.15) is 0 Å². The van der Waals surface area contributed by atoms with E-state index in [-0.39, 0.29) is 0 Å². The van der Waals surface area contributed by atoms with Gasteiger partial charge in [-0.1, -0.05) is 30.0 Å². The third kappa shape index (κ3) is 3.20. The molecule has 0 fully saturated rings. The maximum Gasteiger partial charge on any atom is 0.266 e. The quantitative estimate of drug-likeness (QED) is 0.376. The van der Waals surface area contributed by atoms with Crippen LogP contribution in [-0.4, -0.2) is 17.1 Å². The Labute approximate surface area is 166 Å². The molecule has 0 aliphatic carbocycles. The lowest BCUT2D eigenvalue weighted by molar-refractivity contribution is 0.0925. The summed E-state index contributed by atoms with van der Waals surface area (Å²) < 4.78 is 0. The van der Waals surface area contributed by atoms with E-state index in [0.29, 0.717) is 27.9 Å².